The summed E-state index contributed by atoms with van der Waals surface area (Å²) in [6, 6.07) is 12.8. The highest BCUT2D eigenvalue weighted by atomic mass is 19.4. The third-order valence-corrected chi connectivity index (χ3v) is 3.29. The Labute approximate surface area is 136 Å². The van der Waals surface area contributed by atoms with E-state index in [9.17, 15) is 22.4 Å². The van der Waals surface area contributed by atoms with E-state index < -0.39 is 17.7 Å². The van der Waals surface area contributed by atoms with Crippen LogP contribution in [-0.4, -0.2) is 18.6 Å². The first kappa shape index (κ1) is 17.7. The van der Waals surface area contributed by atoms with Gasteiger partial charge in [-0.3, -0.25) is 4.79 Å². The molecule has 0 fully saturated rings. The fourth-order valence-corrected chi connectivity index (χ4v) is 2.11. The second-order valence-electron chi connectivity index (χ2n) is 5.09. The Morgan fingerprint density at radius 2 is 1.62 bits per heavy atom. The maximum atomic E-state index is 13.1. The second kappa shape index (κ2) is 7.77. The molecule has 0 atom stereocenters. The number of rotatable bonds is 5. The molecule has 0 aromatic heterocycles. The van der Waals surface area contributed by atoms with Crippen LogP contribution in [0.15, 0.2) is 60.7 Å². The third-order valence-electron chi connectivity index (χ3n) is 3.29. The van der Waals surface area contributed by atoms with Gasteiger partial charge in [-0.2, -0.15) is 13.2 Å². The summed E-state index contributed by atoms with van der Waals surface area (Å²) in [6.07, 6.45) is -3.68. The maximum Gasteiger partial charge on any atom is 0.417 e. The van der Waals surface area contributed by atoms with Crippen molar-refractivity contribution in [3.05, 3.63) is 77.6 Å². The van der Waals surface area contributed by atoms with Crippen LogP contribution in [0, 0.1) is 5.82 Å². The van der Waals surface area contributed by atoms with Gasteiger partial charge in [0.25, 0.3) is 0 Å². The number of amides is 1. The molecule has 0 saturated heterocycles. The summed E-state index contributed by atoms with van der Waals surface area (Å²) in [7, 11) is 0. The average molecular weight is 337 g/mol. The van der Waals surface area contributed by atoms with Gasteiger partial charge in [0.2, 0.25) is 5.91 Å². The first-order valence-corrected chi connectivity index (χ1v) is 7.23. The lowest BCUT2D eigenvalue weighted by Crippen LogP contribution is -2.25. The predicted octanol–water partition coefficient (Wildman–Crippen LogP) is 4.13. The van der Waals surface area contributed by atoms with Crippen molar-refractivity contribution in [2.75, 3.05) is 6.54 Å². The van der Waals surface area contributed by atoms with E-state index in [2.05, 4.69) is 5.32 Å². The highest BCUT2D eigenvalue weighted by Gasteiger charge is 2.35. The fourth-order valence-electron chi connectivity index (χ4n) is 2.11. The number of hydrogen-bond donors (Lipinski definition) is 1. The van der Waals surface area contributed by atoms with Crippen LogP contribution in [0.5, 0.6) is 0 Å². The topological polar surface area (TPSA) is 29.1 Å². The molecule has 1 N–H and O–H groups in total. The van der Waals surface area contributed by atoms with E-state index in [1.807, 2.05) is 0 Å². The summed E-state index contributed by atoms with van der Waals surface area (Å²) in [4.78, 5) is 11.8. The van der Waals surface area contributed by atoms with Crippen molar-refractivity contribution in [2.45, 2.75) is 12.6 Å². The molecule has 2 rings (SSSR count). The van der Waals surface area contributed by atoms with Gasteiger partial charge < -0.3 is 5.32 Å². The molecule has 0 heterocycles. The van der Waals surface area contributed by atoms with Crippen molar-refractivity contribution >= 4 is 11.5 Å². The molecular weight excluding hydrogens is 322 g/mol. The molecule has 126 valence electrons. The van der Waals surface area contributed by atoms with Crippen molar-refractivity contribution < 1.29 is 22.4 Å². The molecule has 1 amide bonds. The van der Waals surface area contributed by atoms with Gasteiger partial charge in [-0.15, -0.1) is 0 Å². The number of allylic oxidation sites excluding steroid dienone is 1. The van der Waals surface area contributed by atoms with Gasteiger partial charge in [0, 0.05) is 12.6 Å². The molecule has 0 aliphatic carbocycles. The molecule has 2 nitrogen and oxygen atoms in total. The number of halogens is 4. The summed E-state index contributed by atoms with van der Waals surface area (Å²) in [5.74, 6) is -1.20. The molecule has 0 spiro atoms. The quantitative estimate of drug-likeness (QED) is 0.645. The Hall–Kier alpha value is -2.63. The summed E-state index contributed by atoms with van der Waals surface area (Å²) < 4.78 is 52.1. The van der Waals surface area contributed by atoms with Crippen LogP contribution in [0.4, 0.5) is 17.6 Å². The molecule has 6 heteroatoms. The van der Waals surface area contributed by atoms with Gasteiger partial charge in [-0.05, 0) is 29.7 Å². The number of benzene rings is 2. The first-order valence-electron chi connectivity index (χ1n) is 7.23. The molecule has 2 aromatic carbocycles. The highest BCUT2D eigenvalue weighted by molar-refractivity contribution is 5.96. The Morgan fingerprint density at radius 1 is 1.00 bits per heavy atom. The smallest absolute Gasteiger partial charge is 0.352 e. The van der Waals surface area contributed by atoms with Gasteiger partial charge in [0.05, 0.1) is 5.57 Å². The zero-order chi connectivity index (χ0) is 17.6. The molecule has 0 aliphatic heterocycles. The Morgan fingerprint density at radius 3 is 2.21 bits per heavy atom. The van der Waals surface area contributed by atoms with E-state index in [4.69, 9.17) is 0 Å². The standard InChI is InChI=1S/C18H15F4NO/c19-15-8-6-13(7-9-15)10-11-23-17(24)12-16(18(20,21)22)14-4-2-1-3-5-14/h1-9,12H,10-11H2,(H,23,24)/b16-12-. The Balaban J connectivity index is 2.01. The second-order valence-corrected chi connectivity index (χ2v) is 5.09. The molecule has 0 saturated carbocycles. The molecule has 0 radical (unpaired) electrons. The van der Waals surface area contributed by atoms with Gasteiger partial charge in [0.15, 0.2) is 0 Å². The zero-order valence-electron chi connectivity index (χ0n) is 12.6. The summed E-state index contributed by atoms with van der Waals surface area (Å²) in [5, 5.41) is 2.41. The van der Waals surface area contributed by atoms with Gasteiger partial charge >= 0.3 is 6.18 Å². The first-order chi connectivity index (χ1) is 11.4. The van der Waals surface area contributed by atoms with Crippen molar-refractivity contribution in [1.29, 1.82) is 0 Å². The van der Waals surface area contributed by atoms with Crippen LogP contribution in [0.3, 0.4) is 0 Å². The zero-order valence-corrected chi connectivity index (χ0v) is 12.6. The molecule has 0 aliphatic rings. The minimum Gasteiger partial charge on any atom is -0.352 e. The average Bonchev–Trinajstić information content (AvgIpc) is 2.54. The maximum absolute atomic E-state index is 13.1. The predicted molar refractivity (Wildman–Crippen MR) is 83.6 cm³/mol. The van der Waals surface area contributed by atoms with Crippen LogP contribution < -0.4 is 5.32 Å². The SMILES string of the molecule is O=C(/C=C(/c1ccccc1)C(F)(F)F)NCCc1ccc(F)cc1. The highest BCUT2D eigenvalue weighted by Crippen LogP contribution is 2.33. The number of alkyl halides is 3. The lowest BCUT2D eigenvalue weighted by atomic mass is 10.1. The monoisotopic (exact) mass is 337 g/mol. The van der Waals surface area contributed by atoms with Gasteiger partial charge in [-0.1, -0.05) is 42.5 Å². The fraction of sp³-hybridized carbons (Fsp3) is 0.167. The van der Waals surface area contributed by atoms with E-state index in [1.165, 1.54) is 36.4 Å². The Kier molecular flexibility index (Phi) is 5.73. The molecule has 24 heavy (non-hydrogen) atoms. The van der Waals surface area contributed by atoms with Gasteiger partial charge in [-0.25, -0.2) is 4.39 Å². The van der Waals surface area contributed by atoms with Crippen LogP contribution in [0.25, 0.3) is 5.57 Å². The van der Waals surface area contributed by atoms with Gasteiger partial charge in [0.1, 0.15) is 5.82 Å². The summed E-state index contributed by atoms with van der Waals surface area (Å²) >= 11 is 0. The van der Waals surface area contributed by atoms with Crippen molar-refractivity contribution in [3.8, 4) is 0 Å². The third kappa shape index (κ3) is 5.22. The Bertz CT molecular complexity index is 706. The van der Waals surface area contributed by atoms with E-state index >= 15 is 0 Å². The summed E-state index contributed by atoms with van der Waals surface area (Å²) in [6.45, 7) is 0.154. The minimum atomic E-state index is -4.63. The van der Waals surface area contributed by atoms with Crippen LogP contribution >= 0.6 is 0 Å². The number of carbonyl (C=O) groups is 1. The molecular formula is C18H15F4NO. The van der Waals surface area contributed by atoms with E-state index in [-0.39, 0.29) is 17.9 Å². The van der Waals surface area contributed by atoms with Crippen LogP contribution in [-0.2, 0) is 11.2 Å². The van der Waals surface area contributed by atoms with Crippen molar-refractivity contribution in [1.82, 2.24) is 5.32 Å². The number of nitrogens with one attached hydrogen (secondary N) is 1. The van der Waals surface area contributed by atoms with Crippen molar-refractivity contribution in [2.24, 2.45) is 0 Å². The normalized spacial score (nSPS) is 12.1. The molecule has 0 bridgehead atoms. The lowest BCUT2D eigenvalue weighted by Gasteiger charge is -2.12. The number of carbonyl (C=O) groups excluding carboxylic acids is 1. The lowest BCUT2D eigenvalue weighted by molar-refractivity contribution is -0.116. The number of hydrogen-bond acceptors (Lipinski definition) is 1. The summed E-state index contributed by atoms with van der Waals surface area (Å²) in [5.41, 5.74) is -0.291. The minimum absolute atomic E-state index is 0.0707. The van der Waals surface area contributed by atoms with Crippen LogP contribution in [0.2, 0.25) is 0 Å². The largest absolute Gasteiger partial charge is 0.417 e. The van der Waals surface area contributed by atoms with E-state index in [0.717, 1.165) is 5.56 Å². The van der Waals surface area contributed by atoms with Crippen molar-refractivity contribution in [3.63, 3.8) is 0 Å². The van der Waals surface area contributed by atoms with E-state index in [0.29, 0.717) is 12.5 Å². The van der Waals surface area contributed by atoms with Crippen LogP contribution in [0.1, 0.15) is 11.1 Å². The molecule has 0 unspecified atom stereocenters. The molecule has 2 aromatic rings. The van der Waals surface area contributed by atoms with E-state index in [1.54, 1.807) is 18.2 Å².